The number of hydrogen-bond acceptors (Lipinski definition) is 4. The molecule has 1 aromatic rings. The normalized spacial score (nSPS) is 18.9. The van der Waals surface area contributed by atoms with Gasteiger partial charge in [0.25, 0.3) is 5.91 Å². The SMILES string of the molecule is CN=C1S/C(=C/C(=O)Nc2ccc(F)cc2)C(=O)N1C. The molecule has 0 aromatic heterocycles. The van der Waals surface area contributed by atoms with Crippen molar-refractivity contribution in [2.24, 2.45) is 4.99 Å². The van der Waals surface area contributed by atoms with Crippen LogP contribution in [0.15, 0.2) is 40.2 Å². The molecule has 0 bridgehead atoms. The molecule has 2 rings (SSSR count). The Morgan fingerprint density at radius 3 is 2.60 bits per heavy atom. The molecule has 1 N–H and O–H groups in total. The Hall–Kier alpha value is -2.15. The molecule has 0 saturated carbocycles. The third-order valence-electron chi connectivity index (χ3n) is 2.57. The maximum absolute atomic E-state index is 12.7. The van der Waals surface area contributed by atoms with Crippen LogP contribution in [0, 0.1) is 5.82 Å². The number of halogens is 1. The fraction of sp³-hybridized carbons (Fsp3) is 0.154. The number of benzene rings is 1. The van der Waals surface area contributed by atoms with Crippen LogP contribution in [0.2, 0.25) is 0 Å². The summed E-state index contributed by atoms with van der Waals surface area (Å²) in [5, 5.41) is 3.10. The number of amides is 2. The van der Waals surface area contributed by atoms with Gasteiger partial charge < -0.3 is 5.32 Å². The van der Waals surface area contributed by atoms with Gasteiger partial charge in [-0.05, 0) is 36.0 Å². The maximum atomic E-state index is 12.7. The van der Waals surface area contributed by atoms with Gasteiger partial charge in [-0.2, -0.15) is 0 Å². The van der Waals surface area contributed by atoms with E-state index in [0.717, 1.165) is 11.8 Å². The van der Waals surface area contributed by atoms with Gasteiger partial charge in [-0.1, -0.05) is 0 Å². The first-order chi connectivity index (χ1) is 9.51. The topological polar surface area (TPSA) is 61.8 Å². The number of thioether (sulfide) groups is 1. The van der Waals surface area contributed by atoms with Gasteiger partial charge in [0.1, 0.15) is 5.82 Å². The van der Waals surface area contributed by atoms with Gasteiger partial charge in [-0.25, -0.2) is 4.39 Å². The van der Waals surface area contributed by atoms with Crippen molar-refractivity contribution in [3.05, 3.63) is 41.1 Å². The number of carbonyl (C=O) groups is 2. The number of anilines is 1. The van der Waals surface area contributed by atoms with Crippen LogP contribution in [0.5, 0.6) is 0 Å². The molecule has 1 aliphatic heterocycles. The zero-order valence-electron chi connectivity index (χ0n) is 10.9. The van der Waals surface area contributed by atoms with Crippen LogP contribution in [0.25, 0.3) is 0 Å². The van der Waals surface area contributed by atoms with Gasteiger partial charge >= 0.3 is 0 Å². The summed E-state index contributed by atoms with van der Waals surface area (Å²) in [6, 6.07) is 5.38. The lowest BCUT2D eigenvalue weighted by molar-refractivity contribution is -0.121. The number of aliphatic imine (C=N–C) groups is 1. The van der Waals surface area contributed by atoms with E-state index in [1.54, 1.807) is 14.1 Å². The number of hydrogen-bond donors (Lipinski definition) is 1. The molecule has 1 fully saturated rings. The van der Waals surface area contributed by atoms with Crippen molar-refractivity contribution in [2.45, 2.75) is 0 Å². The van der Waals surface area contributed by atoms with E-state index in [4.69, 9.17) is 0 Å². The van der Waals surface area contributed by atoms with Gasteiger partial charge in [-0.15, -0.1) is 0 Å². The van der Waals surface area contributed by atoms with Gasteiger partial charge in [0.15, 0.2) is 5.17 Å². The molecule has 0 spiro atoms. The third kappa shape index (κ3) is 3.05. The van der Waals surface area contributed by atoms with Crippen molar-refractivity contribution < 1.29 is 14.0 Å². The third-order valence-corrected chi connectivity index (χ3v) is 3.72. The van der Waals surface area contributed by atoms with Crippen molar-refractivity contribution in [3.8, 4) is 0 Å². The Labute approximate surface area is 119 Å². The van der Waals surface area contributed by atoms with Crippen LogP contribution in [0.4, 0.5) is 10.1 Å². The molecule has 104 valence electrons. The van der Waals surface area contributed by atoms with Crippen molar-refractivity contribution >= 4 is 34.4 Å². The lowest BCUT2D eigenvalue weighted by Gasteiger charge is -2.05. The fourth-order valence-electron chi connectivity index (χ4n) is 1.58. The number of rotatable bonds is 2. The standard InChI is InChI=1S/C13H12FN3O2S/c1-15-13-17(2)12(19)10(20-13)7-11(18)16-9-5-3-8(14)4-6-9/h3-7H,1-2H3,(H,16,18)/b10-7+,15-13?. The van der Waals surface area contributed by atoms with Crippen molar-refractivity contribution in [2.75, 3.05) is 19.4 Å². The van der Waals surface area contributed by atoms with Crippen LogP contribution in [0.3, 0.4) is 0 Å². The predicted molar refractivity (Wildman–Crippen MR) is 76.8 cm³/mol. The Morgan fingerprint density at radius 2 is 2.05 bits per heavy atom. The second kappa shape index (κ2) is 5.87. The van der Waals surface area contributed by atoms with Crippen molar-refractivity contribution in [3.63, 3.8) is 0 Å². The molecule has 1 saturated heterocycles. The van der Waals surface area contributed by atoms with Crippen LogP contribution < -0.4 is 5.32 Å². The monoisotopic (exact) mass is 293 g/mol. The van der Waals surface area contributed by atoms with E-state index in [-0.39, 0.29) is 11.7 Å². The van der Waals surface area contributed by atoms with Gasteiger partial charge in [-0.3, -0.25) is 19.5 Å². The Morgan fingerprint density at radius 1 is 1.40 bits per heavy atom. The van der Waals surface area contributed by atoms with E-state index >= 15 is 0 Å². The number of amidine groups is 1. The zero-order chi connectivity index (χ0) is 14.7. The summed E-state index contributed by atoms with van der Waals surface area (Å²) < 4.78 is 12.7. The Balaban J connectivity index is 2.09. The highest BCUT2D eigenvalue weighted by Crippen LogP contribution is 2.29. The van der Waals surface area contributed by atoms with E-state index < -0.39 is 5.91 Å². The fourth-order valence-corrected chi connectivity index (χ4v) is 2.48. The number of nitrogens with one attached hydrogen (secondary N) is 1. The molecule has 1 heterocycles. The molecule has 5 nitrogen and oxygen atoms in total. The van der Waals surface area contributed by atoms with Gasteiger partial charge in [0.2, 0.25) is 5.91 Å². The predicted octanol–water partition coefficient (Wildman–Crippen LogP) is 1.84. The molecule has 0 atom stereocenters. The zero-order valence-corrected chi connectivity index (χ0v) is 11.7. The largest absolute Gasteiger partial charge is 0.322 e. The summed E-state index contributed by atoms with van der Waals surface area (Å²) in [5.41, 5.74) is 0.460. The summed E-state index contributed by atoms with van der Waals surface area (Å²) >= 11 is 1.13. The molecule has 0 aliphatic carbocycles. The number of nitrogens with zero attached hydrogens (tertiary/aromatic N) is 2. The van der Waals surface area contributed by atoms with Gasteiger partial charge in [0, 0.05) is 25.9 Å². The second-order valence-corrected chi connectivity index (χ2v) is 4.99. The molecule has 0 radical (unpaired) electrons. The van der Waals surface area contributed by atoms with Crippen molar-refractivity contribution in [1.29, 1.82) is 0 Å². The molecular formula is C13H12FN3O2S. The molecule has 2 amide bonds. The summed E-state index contributed by atoms with van der Waals surface area (Å²) in [6.45, 7) is 0. The quantitative estimate of drug-likeness (QED) is 0.846. The average Bonchev–Trinajstić information content (AvgIpc) is 2.69. The highest BCUT2D eigenvalue weighted by molar-refractivity contribution is 8.18. The van der Waals surface area contributed by atoms with Crippen LogP contribution in [-0.4, -0.2) is 36.0 Å². The Bertz CT molecular complexity index is 611. The highest BCUT2D eigenvalue weighted by Gasteiger charge is 2.30. The summed E-state index contributed by atoms with van der Waals surface area (Å²) in [4.78, 5) is 29.2. The molecule has 1 aliphatic rings. The van der Waals surface area contributed by atoms with E-state index in [2.05, 4.69) is 10.3 Å². The van der Waals surface area contributed by atoms with Crippen LogP contribution in [-0.2, 0) is 9.59 Å². The lowest BCUT2D eigenvalue weighted by Crippen LogP contribution is -2.24. The summed E-state index contributed by atoms with van der Waals surface area (Å²) in [5.74, 6) is -1.10. The van der Waals surface area contributed by atoms with Crippen LogP contribution >= 0.6 is 11.8 Å². The first-order valence-electron chi connectivity index (χ1n) is 5.72. The van der Waals surface area contributed by atoms with E-state index in [0.29, 0.717) is 15.8 Å². The first kappa shape index (κ1) is 14.3. The number of likely N-dealkylation sites (N-methyl/N-ethyl adjacent to an activating group) is 1. The highest BCUT2D eigenvalue weighted by atomic mass is 32.2. The molecule has 0 unspecified atom stereocenters. The van der Waals surface area contributed by atoms with E-state index in [9.17, 15) is 14.0 Å². The van der Waals surface area contributed by atoms with Gasteiger partial charge in [0.05, 0.1) is 4.91 Å². The Kier molecular flexibility index (Phi) is 4.19. The minimum absolute atomic E-state index is 0.273. The number of carbonyl (C=O) groups excluding carboxylic acids is 2. The minimum atomic E-state index is -0.446. The summed E-state index contributed by atoms with van der Waals surface area (Å²) in [7, 11) is 3.17. The molecule has 1 aromatic carbocycles. The molecule has 7 heteroatoms. The second-order valence-electron chi connectivity index (χ2n) is 3.98. The average molecular weight is 293 g/mol. The maximum Gasteiger partial charge on any atom is 0.266 e. The summed E-state index contributed by atoms with van der Waals surface area (Å²) in [6.07, 6.45) is 1.21. The van der Waals surface area contributed by atoms with Crippen LogP contribution in [0.1, 0.15) is 0 Å². The van der Waals surface area contributed by atoms with E-state index in [1.807, 2.05) is 0 Å². The lowest BCUT2D eigenvalue weighted by atomic mass is 10.3. The molecular weight excluding hydrogens is 281 g/mol. The van der Waals surface area contributed by atoms with Crippen molar-refractivity contribution in [1.82, 2.24) is 4.90 Å². The molecule has 20 heavy (non-hydrogen) atoms. The first-order valence-corrected chi connectivity index (χ1v) is 6.54. The minimum Gasteiger partial charge on any atom is -0.322 e. The smallest absolute Gasteiger partial charge is 0.266 e. The van der Waals surface area contributed by atoms with E-state index in [1.165, 1.54) is 35.2 Å².